The highest BCUT2D eigenvalue weighted by Crippen LogP contribution is 2.35. The third-order valence-electron chi connectivity index (χ3n) is 5.42. The fraction of sp³-hybridized carbons (Fsp3) is 0.421. The highest BCUT2D eigenvalue weighted by atomic mass is 19.1. The van der Waals surface area contributed by atoms with Crippen LogP contribution in [0.15, 0.2) is 36.5 Å². The minimum atomic E-state index is -0.614. The lowest BCUT2D eigenvalue weighted by molar-refractivity contribution is -0.120. The van der Waals surface area contributed by atoms with Crippen LogP contribution in [0.25, 0.3) is 0 Å². The standard InChI is InChI=1S/C19H22FN5O2/c1-23-16(6-8-21-23)12-24-9-3-7-19(13-24)11-17(26)22-25(19)18(27)14-4-2-5-15(20)10-14/h2,4-6,8,10H,3,7,9,11-13H2,1H3,(H,22,26). The third-order valence-corrected chi connectivity index (χ3v) is 5.42. The highest BCUT2D eigenvalue weighted by molar-refractivity contribution is 5.98. The number of likely N-dealkylation sites (tertiary alicyclic amines) is 1. The number of halogens is 1. The molecule has 1 aromatic carbocycles. The monoisotopic (exact) mass is 371 g/mol. The van der Waals surface area contributed by atoms with Crippen LogP contribution in [0.2, 0.25) is 0 Å². The lowest BCUT2D eigenvalue weighted by atomic mass is 9.85. The van der Waals surface area contributed by atoms with E-state index in [0.717, 1.165) is 25.1 Å². The number of amides is 2. The maximum absolute atomic E-state index is 13.6. The Morgan fingerprint density at radius 3 is 2.96 bits per heavy atom. The molecule has 1 N–H and O–H groups in total. The van der Waals surface area contributed by atoms with Gasteiger partial charge in [0.2, 0.25) is 5.91 Å². The van der Waals surface area contributed by atoms with E-state index in [2.05, 4.69) is 15.4 Å². The van der Waals surface area contributed by atoms with Crippen LogP contribution in [0.1, 0.15) is 35.3 Å². The van der Waals surface area contributed by atoms with Crippen molar-refractivity contribution in [1.29, 1.82) is 0 Å². The summed E-state index contributed by atoms with van der Waals surface area (Å²) in [5.41, 5.74) is 3.40. The number of nitrogens with one attached hydrogen (secondary N) is 1. The van der Waals surface area contributed by atoms with Gasteiger partial charge in [-0.25, -0.2) is 9.40 Å². The summed E-state index contributed by atoms with van der Waals surface area (Å²) in [5, 5.41) is 5.63. The topological polar surface area (TPSA) is 70.5 Å². The second-order valence-electron chi connectivity index (χ2n) is 7.35. The van der Waals surface area contributed by atoms with Crippen molar-refractivity contribution in [3.63, 3.8) is 0 Å². The number of hydrazine groups is 1. The van der Waals surface area contributed by atoms with Gasteiger partial charge in [0.25, 0.3) is 5.91 Å². The first kappa shape index (κ1) is 17.7. The number of carbonyl (C=O) groups excluding carboxylic acids is 2. The number of aryl methyl sites for hydroxylation is 1. The summed E-state index contributed by atoms with van der Waals surface area (Å²) in [6.45, 7) is 2.18. The Labute approximate surface area is 156 Å². The third kappa shape index (κ3) is 3.32. The molecule has 2 fully saturated rings. The molecule has 142 valence electrons. The Hall–Kier alpha value is -2.74. The summed E-state index contributed by atoms with van der Waals surface area (Å²) in [7, 11) is 1.90. The largest absolute Gasteiger partial charge is 0.295 e. The van der Waals surface area contributed by atoms with Crippen LogP contribution in [-0.4, -0.2) is 50.1 Å². The molecule has 2 amide bonds. The molecular formula is C19H22FN5O2. The summed E-state index contributed by atoms with van der Waals surface area (Å²) < 4.78 is 15.4. The van der Waals surface area contributed by atoms with E-state index in [1.54, 1.807) is 12.3 Å². The molecule has 8 heteroatoms. The molecule has 0 bridgehead atoms. The van der Waals surface area contributed by atoms with E-state index in [-0.39, 0.29) is 23.8 Å². The van der Waals surface area contributed by atoms with Crippen molar-refractivity contribution in [2.45, 2.75) is 31.3 Å². The Morgan fingerprint density at radius 1 is 1.37 bits per heavy atom. The average Bonchev–Trinajstić information content (AvgIpc) is 3.17. The maximum atomic E-state index is 13.6. The minimum Gasteiger partial charge on any atom is -0.295 e. The van der Waals surface area contributed by atoms with Gasteiger partial charge in [0, 0.05) is 31.9 Å². The molecule has 0 aliphatic carbocycles. The van der Waals surface area contributed by atoms with Crippen LogP contribution in [-0.2, 0) is 18.4 Å². The van der Waals surface area contributed by atoms with Gasteiger partial charge < -0.3 is 0 Å². The first-order valence-corrected chi connectivity index (χ1v) is 9.06. The van der Waals surface area contributed by atoms with Crippen LogP contribution in [0.4, 0.5) is 4.39 Å². The van der Waals surface area contributed by atoms with Crippen molar-refractivity contribution in [3.8, 4) is 0 Å². The van der Waals surface area contributed by atoms with Crippen molar-refractivity contribution in [1.82, 2.24) is 25.1 Å². The molecule has 2 saturated heterocycles. The van der Waals surface area contributed by atoms with Gasteiger partial charge in [0.05, 0.1) is 17.7 Å². The van der Waals surface area contributed by atoms with Gasteiger partial charge in [-0.05, 0) is 43.7 Å². The van der Waals surface area contributed by atoms with E-state index >= 15 is 0 Å². The molecule has 2 aromatic rings. The minimum absolute atomic E-state index is 0.179. The lowest BCUT2D eigenvalue weighted by Crippen LogP contribution is -2.59. The number of hydrogen-bond donors (Lipinski definition) is 1. The number of carbonyl (C=O) groups is 2. The fourth-order valence-corrected chi connectivity index (χ4v) is 4.13. The van der Waals surface area contributed by atoms with Crippen LogP contribution >= 0.6 is 0 Å². The molecular weight excluding hydrogens is 349 g/mol. The molecule has 0 radical (unpaired) electrons. The normalized spacial score (nSPS) is 23.0. The smallest absolute Gasteiger partial charge is 0.272 e. The van der Waals surface area contributed by atoms with E-state index in [0.29, 0.717) is 13.1 Å². The van der Waals surface area contributed by atoms with Gasteiger partial charge in [0.1, 0.15) is 5.82 Å². The number of rotatable bonds is 3. The molecule has 1 unspecified atom stereocenters. The predicted molar refractivity (Wildman–Crippen MR) is 95.8 cm³/mol. The number of piperidine rings is 1. The molecule has 2 aliphatic heterocycles. The molecule has 7 nitrogen and oxygen atoms in total. The molecule has 1 aromatic heterocycles. The van der Waals surface area contributed by atoms with Crippen LogP contribution < -0.4 is 5.43 Å². The fourth-order valence-electron chi connectivity index (χ4n) is 4.13. The second-order valence-corrected chi connectivity index (χ2v) is 7.35. The summed E-state index contributed by atoms with van der Waals surface area (Å²) >= 11 is 0. The number of hydrogen-bond acceptors (Lipinski definition) is 4. The molecule has 27 heavy (non-hydrogen) atoms. The quantitative estimate of drug-likeness (QED) is 0.887. The number of benzene rings is 1. The lowest BCUT2D eigenvalue weighted by Gasteiger charge is -2.44. The zero-order chi connectivity index (χ0) is 19.0. The average molecular weight is 371 g/mol. The van der Waals surface area contributed by atoms with E-state index in [1.807, 2.05) is 17.8 Å². The van der Waals surface area contributed by atoms with Gasteiger partial charge in [0.15, 0.2) is 0 Å². The van der Waals surface area contributed by atoms with Gasteiger partial charge in [-0.1, -0.05) is 6.07 Å². The van der Waals surface area contributed by atoms with E-state index in [9.17, 15) is 14.0 Å². The molecule has 1 spiro atoms. The molecule has 1 atom stereocenters. The summed E-state index contributed by atoms with van der Waals surface area (Å²) in [4.78, 5) is 27.4. The second kappa shape index (κ2) is 6.77. The maximum Gasteiger partial charge on any atom is 0.272 e. The zero-order valence-corrected chi connectivity index (χ0v) is 15.2. The zero-order valence-electron chi connectivity index (χ0n) is 15.2. The number of aromatic nitrogens is 2. The van der Waals surface area contributed by atoms with Gasteiger partial charge in [-0.3, -0.25) is 24.6 Å². The van der Waals surface area contributed by atoms with Crippen molar-refractivity contribution in [2.75, 3.05) is 13.1 Å². The van der Waals surface area contributed by atoms with Gasteiger partial charge >= 0.3 is 0 Å². The van der Waals surface area contributed by atoms with Crippen molar-refractivity contribution < 1.29 is 14.0 Å². The Balaban J connectivity index is 1.58. The first-order chi connectivity index (χ1) is 13.0. The Bertz CT molecular complexity index is 882. The summed E-state index contributed by atoms with van der Waals surface area (Å²) in [6, 6.07) is 7.54. The highest BCUT2D eigenvalue weighted by Gasteiger charge is 2.50. The molecule has 2 aliphatic rings. The van der Waals surface area contributed by atoms with Gasteiger partial charge in [-0.15, -0.1) is 0 Å². The van der Waals surface area contributed by atoms with Crippen LogP contribution in [0.5, 0.6) is 0 Å². The van der Waals surface area contributed by atoms with E-state index in [4.69, 9.17) is 0 Å². The number of nitrogens with zero attached hydrogens (tertiary/aromatic N) is 4. The predicted octanol–water partition coefficient (Wildman–Crippen LogP) is 1.47. The van der Waals surface area contributed by atoms with Crippen LogP contribution in [0, 0.1) is 5.82 Å². The Morgan fingerprint density at radius 2 is 2.22 bits per heavy atom. The van der Waals surface area contributed by atoms with Gasteiger partial charge in [-0.2, -0.15) is 5.10 Å². The molecule has 3 heterocycles. The molecule has 4 rings (SSSR count). The van der Waals surface area contributed by atoms with Crippen LogP contribution in [0.3, 0.4) is 0 Å². The molecule has 0 saturated carbocycles. The van der Waals surface area contributed by atoms with Crippen molar-refractivity contribution in [2.24, 2.45) is 7.05 Å². The van der Waals surface area contributed by atoms with Crippen molar-refractivity contribution in [3.05, 3.63) is 53.6 Å². The van der Waals surface area contributed by atoms with E-state index in [1.165, 1.54) is 23.2 Å². The van der Waals surface area contributed by atoms with E-state index < -0.39 is 11.4 Å². The van der Waals surface area contributed by atoms with Crippen molar-refractivity contribution >= 4 is 11.8 Å². The Kier molecular flexibility index (Phi) is 4.43. The SMILES string of the molecule is Cn1nccc1CN1CCCC2(CC(=O)NN2C(=O)c2cccc(F)c2)C1. The summed E-state index contributed by atoms with van der Waals surface area (Å²) in [6.07, 6.45) is 3.62. The first-order valence-electron chi connectivity index (χ1n) is 9.06. The summed E-state index contributed by atoms with van der Waals surface area (Å²) in [5.74, 6) is -1.02.